The van der Waals surface area contributed by atoms with Crippen LogP contribution in [-0.4, -0.2) is 84.1 Å². The Morgan fingerprint density at radius 2 is 2.08 bits per heavy atom. The summed E-state index contributed by atoms with van der Waals surface area (Å²) in [5.74, 6) is -1.21. The van der Waals surface area contributed by atoms with E-state index in [2.05, 4.69) is 23.4 Å². The molecular formula is C29H34F2N6O3. The normalized spacial score (nSPS) is 23.0. The van der Waals surface area contributed by atoms with Crippen LogP contribution in [0, 0.1) is 6.57 Å². The zero-order valence-electron chi connectivity index (χ0n) is 22.7. The van der Waals surface area contributed by atoms with Crippen LogP contribution in [0.4, 0.5) is 14.6 Å². The van der Waals surface area contributed by atoms with E-state index in [1.807, 2.05) is 23.1 Å². The highest BCUT2D eigenvalue weighted by atomic mass is 19.1. The van der Waals surface area contributed by atoms with Crippen LogP contribution in [0.15, 0.2) is 36.7 Å². The molecule has 1 amide bonds. The van der Waals surface area contributed by atoms with Crippen molar-refractivity contribution in [2.45, 2.75) is 50.7 Å². The van der Waals surface area contributed by atoms with Gasteiger partial charge in [0.2, 0.25) is 6.54 Å². The summed E-state index contributed by atoms with van der Waals surface area (Å²) >= 11 is 0. The average molecular weight is 553 g/mol. The molecule has 0 N–H and O–H groups in total. The number of hydrogen-bond donors (Lipinski definition) is 0. The number of piperazine rings is 1. The highest BCUT2D eigenvalue weighted by Gasteiger charge is 2.37. The maximum atomic E-state index is 13.7. The van der Waals surface area contributed by atoms with Gasteiger partial charge in [0.15, 0.2) is 5.83 Å². The molecule has 2 aromatic rings. The van der Waals surface area contributed by atoms with E-state index in [4.69, 9.17) is 26.0 Å². The van der Waals surface area contributed by atoms with E-state index >= 15 is 0 Å². The minimum absolute atomic E-state index is 0.0265. The van der Waals surface area contributed by atoms with E-state index in [0.29, 0.717) is 37.5 Å². The third kappa shape index (κ3) is 5.78. The van der Waals surface area contributed by atoms with E-state index < -0.39 is 24.5 Å². The third-order valence-corrected chi connectivity index (χ3v) is 8.06. The number of fused-ring (bicyclic) bond motifs is 1. The van der Waals surface area contributed by atoms with Crippen molar-refractivity contribution in [3.8, 4) is 6.01 Å². The molecule has 1 aromatic heterocycles. The fourth-order valence-electron chi connectivity index (χ4n) is 5.82. The van der Waals surface area contributed by atoms with E-state index in [1.54, 1.807) is 6.07 Å². The minimum atomic E-state index is -1.04. The number of hydrogen-bond acceptors (Lipinski definition) is 7. The largest absolute Gasteiger partial charge is 0.462 e. The van der Waals surface area contributed by atoms with Crippen molar-refractivity contribution in [2.75, 3.05) is 51.3 Å². The van der Waals surface area contributed by atoms with Gasteiger partial charge in [-0.15, -0.1) is 0 Å². The Balaban J connectivity index is 1.45. The maximum absolute atomic E-state index is 13.7. The highest BCUT2D eigenvalue weighted by molar-refractivity contribution is 5.91. The summed E-state index contributed by atoms with van der Waals surface area (Å²) in [6.45, 7) is 12.6. The first-order chi connectivity index (χ1) is 19.4. The number of alkyl halides is 1. The van der Waals surface area contributed by atoms with Crippen LogP contribution in [-0.2, 0) is 29.2 Å². The van der Waals surface area contributed by atoms with Crippen LogP contribution in [0.2, 0.25) is 0 Å². The van der Waals surface area contributed by atoms with Gasteiger partial charge in [0.1, 0.15) is 25.1 Å². The summed E-state index contributed by atoms with van der Waals surface area (Å²) in [5.41, 5.74) is 2.95. The molecule has 0 bridgehead atoms. The quantitative estimate of drug-likeness (QED) is 0.366. The van der Waals surface area contributed by atoms with Gasteiger partial charge in [-0.1, -0.05) is 30.8 Å². The first kappa shape index (κ1) is 27.9. The molecule has 0 radical (unpaired) electrons. The molecule has 11 heteroatoms. The van der Waals surface area contributed by atoms with Gasteiger partial charge in [-0.3, -0.25) is 4.79 Å². The lowest BCUT2D eigenvalue weighted by Crippen LogP contribution is -2.57. The van der Waals surface area contributed by atoms with Gasteiger partial charge in [0.25, 0.3) is 5.91 Å². The second-order valence-corrected chi connectivity index (χ2v) is 10.5. The number of carbonyl (C=O) groups excluding carboxylic acids is 1. The second-order valence-electron chi connectivity index (χ2n) is 10.5. The number of aromatic nitrogens is 2. The van der Waals surface area contributed by atoms with Crippen molar-refractivity contribution in [3.63, 3.8) is 0 Å². The van der Waals surface area contributed by atoms with Crippen molar-refractivity contribution in [2.24, 2.45) is 0 Å². The maximum Gasteiger partial charge on any atom is 0.318 e. The predicted octanol–water partition coefficient (Wildman–Crippen LogP) is 3.65. The monoisotopic (exact) mass is 552 g/mol. The summed E-state index contributed by atoms with van der Waals surface area (Å²) < 4.78 is 39.8. The molecular weight excluding hydrogens is 518 g/mol. The standard InChI is InChI=1S/C29H34F2N6O3/c1-19(31)28(38)37-12-11-36(16-22(37)15-32-2)27-24-18-39-26(23-9-5-4-7-20(23)14-30)13-25(24)33-29(34-27)40-17-21-8-6-10-35(21)3/h4-5,7,9,21-22,26H,1,6,8,10-18H2,3H3/t21-,22+,26?/m1/s1. The van der Waals surface area contributed by atoms with E-state index in [9.17, 15) is 13.6 Å². The Morgan fingerprint density at radius 1 is 1.25 bits per heavy atom. The number of halogens is 2. The first-order valence-electron chi connectivity index (χ1n) is 13.6. The van der Waals surface area contributed by atoms with Gasteiger partial charge in [0, 0.05) is 37.7 Å². The molecule has 1 aromatic carbocycles. The second kappa shape index (κ2) is 12.3. The fourth-order valence-corrected chi connectivity index (χ4v) is 5.82. The number of ether oxygens (including phenoxy) is 2. The molecule has 2 saturated heterocycles. The number of nitrogens with zero attached hydrogens (tertiary/aromatic N) is 6. The molecule has 5 rings (SSSR count). The van der Waals surface area contributed by atoms with Crippen LogP contribution in [0.1, 0.15) is 41.3 Å². The minimum Gasteiger partial charge on any atom is -0.462 e. The van der Waals surface area contributed by atoms with Crippen LogP contribution in [0.5, 0.6) is 6.01 Å². The van der Waals surface area contributed by atoms with E-state index in [-0.39, 0.29) is 37.9 Å². The number of benzene rings is 1. The van der Waals surface area contributed by atoms with Crippen molar-refractivity contribution in [1.82, 2.24) is 19.8 Å². The predicted molar refractivity (Wildman–Crippen MR) is 145 cm³/mol. The molecule has 0 aliphatic carbocycles. The number of anilines is 1. The molecule has 9 nitrogen and oxygen atoms in total. The summed E-state index contributed by atoms with van der Waals surface area (Å²) in [7, 11) is 2.08. The summed E-state index contributed by atoms with van der Waals surface area (Å²) in [4.78, 5) is 31.1. The van der Waals surface area contributed by atoms with Crippen LogP contribution in [0.25, 0.3) is 4.85 Å². The summed E-state index contributed by atoms with van der Waals surface area (Å²) in [6, 6.07) is 7.33. The molecule has 3 aliphatic heterocycles. The first-order valence-corrected chi connectivity index (χ1v) is 13.6. The lowest BCUT2D eigenvalue weighted by molar-refractivity contribution is -0.131. The fraction of sp³-hybridized carbons (Fsp3) is 0.517. The van der Waals surface area contributed by atoms with Crippen molar-refractivity contribution >= 4 is 11.7 Å². The Morgan fingerprint density at radius 3 is 2.80 bits per heavy atom. The van der Waals surface area contributed by atoms with E-state index in [1.165, 1.54) is 4.90 Å². The molecule has 3 aliphatic rings. The van der Waals surface area contributed by atoms with Gasteiger partial charge < -0.3 is 29.0 Å². The van der Waals surface area contributed by atoms with Crippen molar-refractivity contribution in [3.05, 3.63) is 70.5 Å². The molecule has 2 fully saturated rings. The zero-order chi connectivity index (χ0) is 28.2. The molecule has 0 spiro atoms. The van der Waals surface area contributed by atoms with Gasteiger partial charge in [-0.2, -0.15) is 9.97 Å². The summed E-state index contributed by atoms with van der Waals surface area (Å²) in [5, 5.41) is 0. The molecule has 212 valence electrons. The van der Waals surface area contributed by atoms with Gasteiger partial charge in [-0.05, 0) is 37.6 Å². The van der Waals surface area contributed by atoms with E-state index in [0.717, 1.165) is 36.2 Å². The van der Waals surface area contributed by atoms with Gasteiger partial charge in [-0.25, -0.2) is 15.4 Å². The SMILES string of the molecule is [C-]#[N+]C[C@H]1CN(c2nc(OC[C@H]3CCCN3C)nc3c2COC(c2ccccc2CF)C3)CCN1C(=O)C(=C)F. The third-order valence-electron chi connectivity index (χ3n) is 8.06. The lowest BCUT2D eigenvalue weighted by Gasteiger charge is -2.40. The van der Waals surface area contributed by atoms with Crippen LogP contribution in [0.3, 0.4) is 0 Å². The lowest BCUT2D eigenvalue weighted by atomic mass is 9.95. The van der Waals surface area contributed by atoms with Gasteiger partial charge >= 0.3 is 6.01 Å². The molecule has 1 unspecified atom stereocenters. The Labute approximate surface area is 233 Å². The number of likely N-dealkylation sites (tertiary alicyclic amines) is 1. The molecule has 0 saturated carbocycles. The van der Waals surface area contributed by atoms with Gasteiger partial charge in [0.05, 0.1) is 18.4 Å². The highest BCUT2D eigenvalue weighted by Crippen LogP contribution is 2.37. The Bertz CT molecular complexity index is 1300. The number of likely N-dealkylation sites (N-methyl/N-ethyl adjacent to an activating group) is 1. The summed E-state index contributed by atoms with van der Waals surface area (Å²) in [6.07, 6.45) is 2.21. The molecule has 40 heavy (non-hydrogen) atoms. The zero-order valence-corrected chi connectivity index (χ0v) is 22.7. The van der Waals surface area contributed by atoms with Crippen molar-refractivity contribution in [1.29, 1.82) is 0 Å². The van der Waals surface area contributed by atoms with Crippen LogP contribution >= 0.6 is 0 Å². The Kier molecular flexibility index (Phi) is 8.57. The number of carbonyl (C=O) groups is 1. The Hall–Kier alpha value is -3.62. The number of rotatable bonds is 8. The van der Waals surface area contributed by atoms with Crippen molar-refractivity contribution < 1.29 is 23.0 Å². The average Bonchev–Trinajstić information content (AvgIpc) is 3.39. The molecule has 4 heterocycles. The smallest absolute Gasteiger partial charge is 0.318 e. The van der Waals surface area contributed by atoms with Crippen LogP contribution < -0.4 is 9.64 Å². The number of amides is 1. The topological polar surface area (TPSA) is 75.4 Å². The molecule has 3 atom stereocenters.